The van der Waals surface area contributed by atoms with Gasteiger partial charge in [0.05, 0.1) is 17.1 Å². The van der Waals surface area contributed by atoms with Gasteiger partial charge in [0, 0.05) is 18.0 Å². The predicted molar refractivity (Wildman–Crippen MR) is 111 cm³/mol. The average Bonchev–Trinajstić information content (AvgIpc) is 3.22. The molecule has 0 amide bonds. The topological polar surface area (TPSA) is 51.9 Å². The maximum absolute atomic E-state index is 13.0. The first kappa shape index (κ1) is 17.3. The van der Waals surface area contributed by atoms with Gasteiger partial charge in [-0.25, -0.2) is 9.67 Å². The smallest absolute Gasteiger partial charge is 0.295 e. The second-order valence-electron chi connectivity index (χ2n) is 6.47. The highest BCUT2D eigenvalue weighted by Crippen LogP contribution is 2.27. The van der Waals surface area contributed by atoms with Crippen molar-refractivity contribution in [2.45, 2.75) is 13.8 Å². The molecule has 27 heavy (non-hydrogen) atoms. The van der Waals surface area contributed by atoms with Crippen LogP contribution in [0, 0.1) is 13.8 Å². The second kappa shape index (κ2) is 6.89. The fourth-order valence-electron chi connectivity index (χ4n) is 3.01. The summed E-state index contributed by atoms with van der Waals surface area (Å²) in [5, 5.41) is 5.93. The lowest BCUT2D eigenvalue weighted by Gasteiger charge is -2.07. The standard InChI is InChI=1S/C21H20N4OS/c1-14-9-11-16(12-10-14)18-13-27-21(22-18)23-19-15(2)24(3)25(20(19)26)17-7-5-4-6-8-17/h4-13H,1-3H3,(H,22,23). The number of hydrogen-bond donors (Lipinski definition) is 1. The van der Waals surface area contributed by atoms with Crippen molar-refractivity contribution in [1.82, 2.24) is 14.3 Å². The summed E-state index contributed by atoms with van der Waals surface area (Å²) < 4.78 is 3.51. The van der Waals surface area contributed by atoms with Gasteiger partial charge in [-0.15, -0.1) is 11.3 Å². The zero-order chi connectivity index (χ0) is 19.0. The molecule has 0 bridgehead atoms. The van der Waals surface area contributed by atoms with Crippen molar-refractivity contribution < 1.29 is 0 Å². The van der Waals surface area contributed by atoms with Crippen molar-refractivity contribution in [3.8, 4) is 16.9 Å². The average molecular weight is 376 g/mol. The van der Waals surface area contributed by atoms with E-state index in [9.17, 15) is 4.79 Å². The Morgan fingerprint density at radius 3 is 2.41 bits per heavy atom. The summed E-state index contributed by atoms with van der Waals surface area (Å²) in [4.78, 5) is 17.6. The molecule has 6 heteroatoms. The Morgan fingerprint density at radius 1 is 1.00 bits per heavy atom. The van der Waals surface area contributed by atoms with Gasteiger partial charge in [0.2, 0.25) is 0 Å². The molecule has 0 aliphatic carbocycles. The van der Waals surface area contributed by atoms with Gasteiger partial charge >= 0.3 is 0 Å². The van der Waals surface area contributed by atoms with E-state index in [-0.39, 0.29) is 5.56 Å². The van der Waals surface area contributed by atoms with Gasteiger partial charge in [0.25, 0.3) is 5.56 Å². The Bertz CT molecular complexity index is 1140. The third-order valence-corrected chi connectivity index (χ3v) is 5.40. The summed E-state index contributed by atoms with van der Waals surface area (Å²) in [5.41, 5.74) is 5.33. The number of nitrogens with zero attached hydrogens (tertiary/aromatic N) is 3. The highest BCUT2D eigenvalue weighted by atomic mass is 32.1. The van der Waals surface area contributed by atoms with E-state index >= 15 is 0 Å². The van der Waals surface area contributed by atoms with Crippen LogP contribution in [0.4, 0.5) is 10.8 Å². The van der Waals surface area contributed by atoms with E-state index in [0.717, 1.165) is 22.6 Å². The van der Waals surface area contributed by atoms with Gasteiger partial charge in [-0.2, -0.15) is 0 Å². The van der Waals surface area contributed by atoms with Gasteiger partial charge in [-0.05, 0) is 26.0 Å². The van der Waals surface area contributed by atoms with Gasteiger partial charge in [-0.3, -0.25) is 9.48 Å². The molecule has 2 aromatic carbocycles. The van der Waals surface area contributed by atoms with E-state index in [1.54, 1.807) is 4.68 Å². The van der Waals surface area contributed by atoms with Gasteiger partial charge in [0.1, 0.15) is 5.69 Å². The van der Waals surface area contributed by atoms with Crippen LogP contribution in [0.5, 0.6) is 0 Å². The molecular weight excluding hydrogens is 356 g/mol. The molecule has 0 spiro atoms. The number of nitrogens with one attached hydrogen (secondary N) is 1. The molecule has 0 aliphatic rings. The van der Waals surface area contributed by atoms with Crippen molar-refractivity contribution in [3.05, 3.63) is 81.6 Å². The van der Waals surface area contributed by atoms with Gasteiger partial charge < -0.3 is 5.32 Å². The molecule has 0 aliphatic heterocycles. The summed E-state index contributed by atoms with van der Waals surface area (Å²) in [6, 6.07) is 17.9. The highest BCUT2D eigenvalue weighted by molar-refractivity contribution is 7.14. The van der Waals surface area contributed by atoms with Crippen molar-refractivity contribution in [2.75, 3.05) is 5.32 Å². The lowest BCUT2D eigenvalue weighted by Crippen LogP contribution is -2.20. The number of thiazole rings is 1. The lowest BCUT2D eigenvalue weighted by atomic mass is 10.1. The van der Waals surface area contributed by atoms with Crippen molar-refractivity contribution in [2.24, 2.45) is 7.05 Å². The molecule has 1 N–H and O–H groups in total. The summed E-state index contributed by atoms with van der Waals surface area (Å²) in [6.07, 6.45) is 0. The fraction of sp³-hybridized carbons (Fsp3) is 0.143. The molecule has 0 atom stereocenters. The van der Waals surface area contributed by atoms with Crippen LogP contribution in [0.15, 0.2) is 64.8 Å². The minimum Gasteiger partial charge on any atom is -0.325 e. The van der Waals surface area contributed by atoms with Gasteiger partial charge in [-0.1, -0.05) is 48.0 Å². The summed E-state index contributed by atoms with van der Waals surface area (Å²) in [5.74, 6) is 0. The Hall–Kier alpha value is -3.12. The zero-order valence-electron chi connectivity index (χ0n) is 15.4. The first-order chi connectivity index (χ1) is 13.0. The molecule has 0 unspecified atom stereocenters. The summed E-state index contributed by atoms with van der Waals surface area (Å²) in [7, 11) is 1.88. The molecule has 136 valence electrons. The third-order valence-electron chi connectivity index (χ3n) is 4.64. The minimum absolute atomic E-state index is 0.0896. The van der Waals surface area contributed by atoms with E-state index in [0.29, 0.717) is 10.8 Å². The van der Waals surface area contributed by atoms with Crippen LogP contribution in [0.25, 0.3) is 16.9 Å². The summed E-state index contributed by atoms with van der Waals surface area (Å²) >= 11 is 1.49. The number of aromatic nitrogens is 3. The molecule has 2 heterocycles. The number of anilines is 2. The minimum atomic E-state index is -0.0896. The molecule has 4 aromatic rings. The van der Waals surface area contributed by atoms with Crippen LogP contribution >= 0.6 is 11.3 Å². The molecule has 0 saturated carbocycles. The Kier molecular flexibility index (Phi) is 4.41. The quantitative estimate of drug-likeness (QED) is 0.564. The lowest BCUT2D eigenvalue weighted by molar-refractivity contribution is 0.630. The van der Waals surface area contributed by atoms with Crippen LogP contribution in [0.1, 0.15) is 11.3 Å². The fourth-order valence-corrected chi connectivity index (χ4v) is 3.73. The molecule has 5 nitrogen and oxygen atoms in total. The maximum Gasteiger partial charge on any atom is 0.295 e. The molecule has 2 aromatic heterocycles. The van der Waals surface area contributed by atoms with Crippen LogP contribution in [-0.4, -0.2) is 14.3 Å². The number of rotatable bonds is 4. The number of aryl methyl sites for hydroxylation is 1. The number of benzene rings is 2. The molecule has 0 fully saturated rings. The van der Waals surface area contributed by atoms with E-state index in [1.165, 1.54) is 16.9 Å². The summed E-state index contributed by atoms with van der Waals surface area (Å²) in [6.45, 7) is 3.99. The van der Waals surface area contributed by atoms with E-state index < -0.39 is 0 Å². The first-order valence-corrected chi connectivity index (χ1v) is 9.56. The molecule has 4 rings (SSSR count). The monoisotopic (exact) mass is 376 g/mol. The SMILES string of the molecule is Cc1ccc(-c2csc(Nc3c(C)n(C)n(-c4ccccc4)c3=O)n2)cc1. The van der Waals surface area contributed by atoms with Crippen molar-refractivity contribution >= 4 is 22.2 Å². The molecular formula is C21H20N4OS. The van der Waals surface area contributed by atoms with E-state index in [2.05, 4.69) is 41.5 Å². The largest absolute Gasteiger partial charge is 0.325 e. The van der Waals surface area contributed by atoms with Crippen LogP contribution in [0.3, 0.4) is 0 Å². The Balaban J connectivity index is 1.68. The zero-order valence-corrected chi connectivity index (χ0v) is 16.2. The Morgan fingerprint density at radius 2 is 1.70 bits per heavy atom. The van der Waals surface area contributed by atoms with Crippen LogP contribution in [0.2, 0.25) is 0 Å². The first-order valence-electron chi connectivity index (χ1n) is 8.68. The van der Waals surface area contributed by atoms with Gasteiger partial charge in [0.15, 0.2) is 5.13 Å². The molecule has 0 radical (unpaired) electrons. The van der Waals surface area contributed by atoms with Crippen molar-refractivity contribution in [3.63, 3.8) is 0 Å². The normalized spacial score (nSPS) is 10.9. The van der Waals surface area contributed by atoms with Crippen molar-refractivity contribution in [1.29, 1.82) is 0 Å². The van der Waals surface area contributed by atoms with Crippen LogP contribution < -0.4 is 10.9 Å². The Labute approximate surface area is 161 Å². The van der Waals surface area contributed by atoms with Crippen LogP contribution in [-0.2, 0) is 7.05 Å². The second-order valence-corrected chi connectivity index (χ2v) is 7.32. The third kappa shape index (κ3) is 3.19. The predicted octanol–water partition coefficient (Wildman–Crippen LogP) is 4.66. The number of hydrogen-bond acceptors (Lipinski definition) is 4. The highest BCUT2D eigenvalue weighted by Gasteiger charge is 2.17. The van der Waals surface area contributed by atoms with E-state index in [4.69, 9.17) is 0 Å². The maximum atomic E-state index is 13.0. The molecule has 0 saturated heterocycles. The number of para-hydroxylation sites is 1. The van der Waals surface area contributed by atoms with E-state index in [1.807, 2.05) is 54.4 Å².